The molecule has 28 nitrogen and oxygen atoms in total. The second-order valence-corrected chi connectivity index (χ2v) is 42.1. The van der Waals surface area contributed by atoms with Gasteiger partial charge in [0.2, 0.25) is 0 Å². The minimum Gasteiger partial charge on any atom is -0.507 e. The number of hydrogen-bond donors (Lipinski definition) is 3. The number of unbranched alkanes of at least 4 members (excludes halogenated alkanes) is 2. The number of ether oxygens (including phenoxy) is 6. The molecule has 2 aromatic heterocycles. The van der Waals surface area contributed by atoms with Gasteiger partial charge in [-0.15, -0.1) is 0 Å². The number of phenols is 2. The van der Waals surface area contributed by atoms with E-state index in [1.54, 1.807) is 37.4 Å². The van der Waals surface area contributed by atoms with Crippen LogP contribution < -0.4 is 14.8 Å². The molecule has 0 fully saturated rings. The van der Waals surface area contributed by atoms with Crippen LogP contribution in [0.1, 0.15) is 141 Å². The molecule has 0 radical (unpaired) electrons. The Hall–Kier alpha value is -12.6. The summed E-state index contributed by atoms with van der Waals surface area (Å²) < 4.78 is 87.0. The highest BCUT2D eigenvalue weighted by Gasteiger charge is 2.43. The molecule has 2 heterocycles. The van der Waals surface area contributed by atoms with Crippen molar-refractivity contribution in [3.8, 4) is 136 Å². The number of alkyl carbamates (subject to hydrolysis) is 1. The standard InChI is InChI=1S/C63H82N4O14Si2.C34H25N3O2.C15H32O5Si/c1-9-63(44-72-57(69)29-22-23-41-82(75-10-2,76-11-3)77-12-4,46-74-62(71)64-40-24-42-83(78-13-5,79-14-6)80-15-7)45-73-61(70)47(8)81-54-38-39-55(56(68)43-54)60-66-58(52-34-30-50(31-35-52)48-25-18-16-19-26-48)65-59(67-60)53-36-32-51(33-37-53)49-27-20-17-21-28-49;1-39-29-20-21-30(31(38)22-29)34-36-32(27-16-12-25(13-17-27)23-8-4-2-5-9-23)35-33(37-34)28-18-14-26(15-19-28)24-10-6-3-7-11-24;1-6-18-21(19-7-2,20-8-3)12-10-9-11-15(16)17-13-14(4)5/h16-21,25-28,30-39,43,47,68H,9-15,22-24,29,40-42,44-46H2,1-8H3,(H,64,71);2-22,38H,1H3;14H,6-13H2,1-5H3. The molecular weight excluding hydrogens is 1860 g/mol. The number of carbonyl (C=O) groups excluding carboxylic acids is 4. The molecule has 0 bridgehead atoms. The fourth-order valence-corrected chi connectivity index (χ4v) is 23.5. The molecule has 31 heteroatoms. The number of nitrogens with zero attached hydrogens (tertiary/aromatic N) is 6. The second kappa shape index (κ2) is 58.8. The Morgan fingerprint density at radius 2 is 0.615 bits per heavy atom. The molecule has 760 valence electrons. The van der Waals surface area contributed by atoms with Crippen LogP contribution in [0.2, 0.25) is 18.1 Å². The Balaban J connectivity index is 0.000000284. The van der Waals surface area contributed by atoms with Gasteiger partial charge in [0, 0.05) is 131 Å². The van der Waals surface area contributed by atoms with Crippen LogP contribution in [0.4, 0.5) is 4.79 Å². The van der Waals surface area contributed by atoms with Crippen molar-refractivity contribution >= 4 is 50.4 Å². The Bertz CT molecular complexity index is 5530. The lowest BCUT2D eigenvalue weighted by molar-refractivity contribution is -0.161. The summed E-state index contributed by atoms with van der Waals surface area (Å²) in [5.74, 6) is 2.05. The summed E-state index contributed by atoms with van der Waals surface area (Å²) in [7, 11) is -6.83. The van der Waals surface area contributed by atoms with Crippen molar-refractivity contribution < 1.29 is 97.6 Å². The normalized spacial score (nSPS) is 12.1. The van der Waals surface area contributed by atoms with Crippen molar-refractivity contribution in [3.05, 3.63) is 255 Å². The van der Waals surface area contributed by atoms with Gasteiger partial charge in [-0.05, 0) is 182 Å². The van der Waals surface area contributed by atoms with Crippen LogP contribution in [0, 0.1) is 11.3 Å². The lowest BCUT2D eigenvalue weighted by Crippen LogP contribution is -2.46. The fourth-order valence-electron chi connectivity index (χ4n) is 15.5. The lowest BCUT2D eigenvalue weighted by Gasteiger charge is -2.31. The molecule has 0 spiro atoms. The van der Waals surface area contributed by atoms with Crippen LogP contribution in [0.15, 0.2) is 255 Å². The van der Waals surface area contributed by atoms with Crippen molar-refractivity contribution in [3.63, 3.8) is 0 Å². The first-order chi connectivity index (χ1) is 69.4. The third kappa shape index (κ3) is 34.9. The number of aromatic hydroxyl groups is 2. The monoisotopic (exact) mass is 2000 g/mol. The minimum atomic E-state index is -2.93. The summed E-state index contributed by atoms with van der Waals surface area (Å²) in [6.07, 6.45) is 2.20. The zero-order valence-electron chi connectivity index (χ0n) is 84.9. The van der Waals surface area contributed by atoms with E-state index in [0.29, 0.717) is 162 Å². The topological polar surface area (TPSA) is 337 Å². The number of rotatable bonds is 55. The Kier molecular flexibility index (Phi) is 46.2. The molecule has 10 aromatic carbocycles. The third-order valence-corrected chi connectivity index (χ3v) is 32.4. The number of amides is 1. The van der Waals surface area contributed by atoms with E-state index in [-0.39, 0.29) is 61.8 Å². The summed E-state index contributed by atoms with van der Waals surface area (Å²) >= 11 is 0. The lowest BCUT2D eigenvalue weighted by atomic mass is 9.88. The molecule has 2 unspecified atom stereocenters. The van der Waals surface area contributed by atoms with Crippen molar-refractivity contribution in [2.45, 2.75) is 166 Å². The van der Waals surface area contributed by atoms with Gasteiger partial charge in [0.1, 0.15) is 42.8 Å². The Morgan fingerprint density at radius 3 is 0.930 bits per heavy atom. The average molecular weight is 2000 g/mol. The van der Waals surface area contributed by atoms with Gasteiger partial charge in [-0.25, -0.2) is 39.5 Å². The SMILES string of the molecule is CCO[Si](CCCCC(=O)OCC(C)C)(OCC)OCC.CCO[Si](CCCCC(=O)OCC(CC)(COC(=O)NCCC[Si](OCC)(OCC)OCC)COC(=O)C(C)Oc1ccc(-c2nc(-c3ccc(-c4ccccc4)cc3)nc(-c3ccc(-c4ccccc4)cc3)n2)c(O)c1)(OCC)OCC.COc1ccc(-c2nc(-c3ccc(-c4ccccc4)cc3)nc(-c3ccc(-c4ccccc4)cc3)n2)c(O)c1. The minimum absolute atomic E-state index is 0.0382. The van der Waals surface area contributed by atoms with Gasteiger partial charge >= 0.3 is 50.4 Å². The van der Waals surface area contributed by atoms with E-state index < -0.39 is 56.0 Å². The molecule has 0 aliphatic rings. The van der Waals surface area contributed by atoms with Gasteiger partial charge < -0.3 is 83.8 Å². The van der Waals surface area contributed by atoms with Crippen LogP contribution in [-0.4, -0.2) is 196 Å². The van der Waals surface area contributed by atoms with E-state index in [1.165, 1.54) is 13.0 Å². The van der Waals surface area contributed by atoms with Crippen molar-refractivity contribution in [2.75, 3.05) is 99.5 Å². The van der Waals surface area contributed by atoms with Crippen molar-refractivity contribution in [1.82, 2.24) is 35.2 Å². The molecule has 143 heavy (non-hydrogen) atoms. The van der Waals surface area contributed by atoms with Crippen LogP contribution in [0.3, 0.4) is 0 Å². The highest BCUT2D eigenvalue weighted by Crippen LogP contribution is 2.39. The van der Waals surface area contributed by atoms with E-state index in [1.807, 2.05) is 253 Å². The predicted octanol–water partition coefficient (Wildman–Crippen LogP) is 23.9. The largest absolute Gasteiger partial charge is 0.507 e. The van der Waals surface area contributed by atoms with Gasteiger partial charge in [0.05, 0.1) is 30.3 Å². The molecule has 12 rings (SSSR count). The number of methoxy groups -OCH3 is 1. The summed E-state index contributed by atoms with van der Waals surface area (Å²) in [6.45, 7) is 29.0. The molecule has 0 aliphatic carbocycles. The first-order valence-electron chi connectivity index (χ1n) is 49.6. The number of hydrogen-bond acceptors (Lipinski definition) is 27. The maximum atomic E-state index is 13.8. The summed E-state index contributed by atoms with van der Waals surface area (Å²) in [4.78, 5) is 80.8. The van der Waals surface area contributed by atoms with E-state index in [0.717, 1.165) is 85.6 Å². The molecule has 0 saturated carbocycles. The van der Waals surface area contributed by atoms with Gasteiger partial charge in [0.15, 0.2) is 41.1 Å². The third-order valence-electron chi connectivity index (χ3n) is 22.9. The van der Waals surface area contributed by atoms with Crippen LogP contribution >= 0.6 is 0 Å². The summed E-state index contributed by atoms with van der Waals surface area (Å²) in [6, 6.07) is 84.2. The number of phenolic OH excluding ortho intramolecular Hbond substituents is 2. The van der Waals surface area contributed by atoms with Crippen LogP contribution in [0.5, 0.6) is 23.0 Å². The zero-order chi connectivity index (χ0) is 102. The zero-order valence-corrected chi connectivity index (χ0v) is 87.9. The molecule has 2 atom stereocenters. The Labute approximate surface area is 845 Å². The van der Waals surface area contributed by atoms with Crippen molar-refractivity contribution in [2.24, 2.45) is 11.3 Å². The number of aromatic nitrogens is 6. The van der Waals surface area contributed by atoms with Crippen LogP contribution in [-0.2, 0) is 73.2 Å². The Morgan fingerprint density at radius 1 is 0.329 bits per heavy atom. The van der Waals surface area contributed by atoms with E-state index >= 15 is 0 Å². The second-order valence-electron chi connectivity index (χ2n) is 33.9. The number of esters is 3. The van der Waals surface area contributed by atoms with Gasteiger partial charge in [0.25, 0.3) is 0 Å². The number of nitrogens with one attached hydrogen (secondary N) is 1. The van der Waals surface area contributed by atoms with E-state index in [4.69, 9.17) is 98.2 Å². The fraction of sp³-hybridized carbons (Fsp3) is 0.375. The molecule has 0 saturated heterocycles. The molecule has 1 amide bonds. The van der Waals surface area contributed by atoms with Gasteiger partial charge in [-0.3, -0.25) is 9.59 Å². The molecule has 0 aliphatic heterocycles. The average Bonchev–Trinajstić information content (AvgIpc) is 0.790. The predicted molar refractivity (Wildman–Crippen MR) is 562 cm³/mol. The maximum Gasteiger partial charge on any atom is 0.500 e. The van der Waals surface area contributed by atoms with Gasteiger partial charge in [-0.1, -0.05) is 239 Å². The quantitative estimate of drug-likeness (QED) is 0.0138. The molecule has 3 N–H and O–H groups in total. The highest BCUT2D eigenvalue weighted by molar-refractivity contribution is 6.61. The first kappa shape index (κ1) is 112. The number of benzene rings is 10. The molecule has 12 aromatic rings. The smallest absolute Gasteiger partial charge is 0.500 e. The first-order valence-corrected chi connectivity index (χ1v) is 55.4. The van der Waals surface area contributed by atoms with E-state index in [9.17, 15) is 29.4 Å². The van der Waals surface area contributed by atoms with Crippen LogP contribution in [0.25, 0.3) is 113 Å². The van der Waals surface area contributed by atoms with E-state index in [2.05, 4.69) is 53.8 Å². The van der Waals surface area contributed by atoms with Gasteiger partial charge in [-0.2, -0.15) is 0 Å². The highest BCUT2D eigenvalue weighted by atomic mass is 28.4. The summed E-state index contributed by atoms with van der Waals surface area (Å²) in [5, 5.41) is 25.1. The maximum absolute atomic E-state index is 13.8. The molecular formula is C112H139N7O21Si3. The summed E-state index contributed by atoms with van der Waals surface area (Å²) in [5.41, 5.74) is 11.6. The van der Waals surface area contributed by atoms with Crippen molar-refractivity contribution in [1.29, 1.82) is 0 Å². The number of carbonyl (C=O) groups is 4.